The van der Waals surface area contributed by atoms with Crippen LogP contribution in [-0.4, -0.2) is 0 Å². The molecule has 0 aromatic heterocycles. The molecule has 0 bridgehead atoms. The second kappa shape index (κ2) is 4.66. The average Bonchev–Trinajstić information content (AvgIpc) is 1.72. The molecule has 0 unspecified atom stereocenters. The van der Waals surface area contributed by atoms with Gasteiger partial charge in [0.05, 0.1) is 0 Å². The van der Waals surface area contributed by atoms with Gasteiger partial charge in [0, 0.05) is 0 Å². The Kier molecular flexibility index (Phi) is 5.00. The Morgan fingerprint density at radius 1 is 0.857 bits per heavy atom. The molecule has 0 spiro atoms. The third kappa shape index (κ3) is 3.12. The van der Waals surface area contributed by atoms with E-state index >= 15 is 0 Å². The van der Waals surface area contributed by atoms with Crippen molar-refractivity contribution in [3.05, 3.63) is 0 Å². The van der Waals surface area contributed by atoms with Crippen LogP contribution in [0.15, 0.2) is 0 Å². The van der Waals surface area contributed by atoms with Crippen molar-refractivity contribution in [2.45, 2.75) is 36.8 Å². The van der Waals surface area contributed by atoms with Crippen LogP contribution >= 0.6 is 0 Å². The molecule has 0 fully saturated rings. The van der Waals surface area contributed by atoms with Crippen molar-refractivity contribution < 1.29 is 13.7 Å². The molecule has 0 rings (SSSR count). The van der Waals surface area contributed by atoms with E-state index in [2.05, 4.69) is 20.8 Å². The van der Waals surface area contributed by atoms with Gasteiger partial charge in [0.1, 0.15) is 0 Å². The maximum atomic E-state index is 2.29. The Morgan fingerprint density at radius 3 is 1.14 bits per heavy atom. The van der Waals surface area contributed by atoms with Crippen molar-refractivity contribution in [3.8, 4) is 0 Å². The Bertz CT molecular complexity index is 25.7. The molecular weight excluding hydrogens is 131 g/mol. The van der Waals surface area contributed by atoms with Crippen LogP contribution in [0.1, 0.15) is 20.8 Å². The monoisotopic (exact) mass is 146 g/mol. The molecule has 7 heavy (non-hydrogen) atoms. The Balaban J connectivity index is 2.99. The van der Waals surface area contributed by atoms with Gasteiger partial charge in [-0.15, -0.1) is 0 Å². The van der Waals surface area contributed by atoms with E-state index in [-0.39, 0.29) is 0 Å². The van der Waals surface area contributed by atoms with Gasteiger partial charge in [0.15, 0.2) is 0 Å². The number of hydrogen-bond acceptors (Lipinski definition) is 0. The summed E-state index contributed by atoms with van der Waals surface area (Å²) in [6.07, 6.45) is 0. The summed E-state index contributed by atoms with van der Waals surface area (Å²) in [4.78, 5) is 0. The van der Waals surface area contributed by atoms with Crippen molar-refractivity contribution in [1.82, 2.24) is 0 Å². The standard InChI is InChI=1S/3C2H5.Co/c3*1-2;/h3*1H2,2H3;. The molecule has 1 heteroatoms. The Morgan fingerprint density at radius 2 is 1.14 bits per heavy atom. The van der Waals surface area contributed by atoms with Crippen molar-refractivity contribution in [2.75, 3.05) is 0 Å². The third-order valence-electron chi connectivity index (χ3n) is 1.000. The van der Waals surface area contributed by atoms with Crippen LogP contribution in [0.2, 0.25) is 16.1 Å². The van der Waals surface area contributed by atoms with Crippen LogP contribution in [0, 0.1) is 0 Å². The first-order valence-corrected chi connectivity index (χ1v) is 5.04. The van der Waals surface area contributed by atoms with E-state index in [1.165, 1.54) is 16.1 Å². The van der Waals surface area contributed by atoms with E-state index in [4.69, 9.17) is 0 Å². The SMILES string of the molecule is C[CH2][Co]([CH2]C)[CH2]C. The van der Waals surface area contributed by atoms with E-state index < -0.39 is 0 Å². The molecule has 0 aliphatic rings. The van der Waals surface area contributed by atoms with E-state index in [0.29, 0.717) is 13.7 Å². The Labute approximate surface area is 51.1 Å². The maximum absolute atomic E-state index is 2.29. The van der Waals surface area contributed by atoms with Gasteiger partial charge in [-0.05, 0) is 0 Å². The molecule has 0 aromatic rings. The van der Waals surface area contributed by atoms with Gasteiger partial charge in [0.2, 0.25) is 0 Å². The van der Waals surface area contributed by atoms with Gasteiger partial charge in [-0.2, -0.15) is 0 Å². The van der Waals surface area contributed by atoms with Gasteiger partial charge in [0.25, 0.3) is 0 Å². The van der Waals surface area contributed by atoms with Crippen molar-refractivity contribution >= 4 is 0 Å². The summed E-state index contributed by atoms with van der Waals surface area (Å²) in [6, 6.07) is 0. The zero-order chi connectivity index (χ0) is 5.70. The van der Waals surface area contributed by atoms with Crippen molar-refractivity contribution in [1.29, 1.82) is 0 Å². The van der Waals surface area contributed by atoms with E-state index in [9.17, 15) is 0 Å². The molecule has 0 saturated carbocycles. The first kappa shape index (κ1) is 7.51. The molecule has 0 heterocycles. The van der Waals surface area contributed by atoms with Crippen LogP contribution in [0.3, 0.4) is 0 Å². The van der Waals surface area contributed by atoms with Crippen LogP contribution in [0.25, 0.3) is 0 Å². The summed E-state index contributed by atoms with van der Waals surface area (Å²) in [5, 5.41) is 4.25. The van der Waals surface area contributed by atoms with Gasteiger partial charge < -0.3 is 0 Å². The summed E-state index contributed by atoms with van der Waals surface area (Å²) >= 11 is 0.465. The van der Waals surface area contributed by atoms with Crippen molar-refractivity contribution in [3.63, 3.8) is 0 Å². The normalized spacial score (nSPS) is 11.6. The zero-order valence-electron chi connectivity index (χ0n) is 5.45. The number of rotatable bonds is 3. The average molecular weight is 146 g/mol. The summed E-state index contributed by atoms with van der Waals surface area (Å²) in [6.45, 7) is 6.87. The summed E-state index contributed by atoms with van der Waals surface area (Å²) < 4.78 is 0. The fraction of sp³-hybridized carbons (Fsp3) is 1.00. The fourth-order valence-electron chi connectivity index (χ4n) is 0.500. The van der Waals surface area contributed by atoms with Gasteiger partial charge in [-0.25, -0.2) is 0 Å². The third-order valence-corrected chi connectivity index (χ3v) is 4.12. The molecule has 0 saturated heterocycles. The van der Waals surface area contributed by atoms with E-state index in [0.717, 1.165) is 0 Å². The summed E-state index contributed by atoms with van der Waals surface area (Å²) in [5.41, 5.74) is 0. The summed E-state index contributed by atoms with van der Waals surface area (Å²) in [7, 11) is 0. The fourth-order valence-corrected chi connectivity index (χ4v) is 2.06. The minimum atomic E-state index is 0.465. The molecule has 0 amide bonds. The van der Waals surface area contributed by atoms with Crippen LogP contribution in [0.4, 0.5) is 0 Å². The van der Waals surface area contributed by atoms with E-state index in [1.54, 1.807) is 0 Å². The molecule has 0 radical (unpaired) electrons. The second-order valence-electron chi connectivity index (χ2n) is 1.21. The van der Waals surface area contributed by atoms with Gasteiger partial charge in [-0.1, -0.05) is 0 Å². The molecule has 48 valence electrons. The Hall–Kier alpha value is 0.506. The molecule has 0 aliphatic heterocycles. The molecule has 0 atom stereocenters. The van der Waals surface area contributed by atoms with Gasteiger partial charge >= 0.3 is 50.5 Å². The van der Waals surface area contributed by atoms with Crippen LogP contribution in [0.5, 0.6) is 0 Å². The predicted octanol–water partition coefficient (Wildman–Crippen LogP) is 2.92. The molecule has 0 N–H and O–H groups in total. The quantitative estimate of drug-likeness (QED) is 0.574. The second-order valence-corrected chi connectivity index (χ2v) is 4.98. The summed E-state index contributed by atoms with van der Waals surface area (Å²) in [5.74, 6) is 0. The topological polar surface area (TPSA) is 0 Å². The van der Waals surface area contributed by atoms with Gasteiger partial charge in [-0.3, -0.25) is 0 Å². The van der Waals surface area contributed by atoms with Crippen LogP contribution in [-0.2, 0) is 13.7 Å². The molecule has 0 aliphatic carbocycles. The van der Waals surface area contributed by atoms with Crippen molar-refractivity contribution in [2.24, 2.45) is 0 Å². The minimum absolute atomic E-state index is 0.465. The first-order valence-electron chi connectivity index (χ1n) is 2.83. The molecular formula is C6H15Co. The molecule has 0 nitrogen and oxygen atoms in total. The predicted molar refractivity (Wildman–Crippen MR) is 31.4 cm³/mol. The van der Waals surface area contributed by atoms with Crippen LogP contribution < -0.4 is 0 Å². The number of hydrogen-bond donors (Lipinski definition) is 0. The molecule has 0 aromatic carbocycles. The van der Waals surface area contributed by atoms with E-state index in [1.807, 2.05) is 0 Å². The first-order chi connectivity index (χ1) is 3.35. The zero-order valence-corrected chi connectivity index (χ0v) is 6.50.